The monoisotopic (exact) mass is 284 g/mol. The Bertz CT molecular complexity index is 451. The lowest BCUT2D eigenvalue weighted by molar-refractivity contribution is 0.0633. The minimum absolute atomic E-state index is 0. The van der Waals surface area contributed by atoms with Crippen molar-refractivity contribution in [3.63, 3.8) is 0 Å². The Kier molecular flexibility index (Phi) is 5.79. The first-order valence-corrected chi connectivity index (χ1v) is 6.22. The van der Waals surface area contributed by atoms with Crippen molar-refractivity contribution < 1.29 is 9.53 Å². The summed E-state index contributed by atoms with van der Waals surface area (Å²) in [6.45, 7) is 4.29. The minimum atomic E-state index is 0. The molecule has 1 aromatic carbocycles. The van der Waals surface area contributed by atoms with E-state index in [1.54, 1.807) is 12.0 Å². The number of nitrogens with one attached hydrogen (secondary N) is 1. The van der Waals surface area contributed by atoms with Gasteiger partial charge in [0.1, 0.15) is 0 Å². The quantitative estimate of drug-likeness (QED) is 0.917. The molecule has 106 valence electrons. The molecule has 0 aliphatic carbocycles. The van der Waals surface area contributed by atoms with Gasteiger partial charge in [-0.1, -0.05) is 6.07 Å². The van der Waals surface area contributed by atoms with Crippen LogP contribution >= 0.6 is 12.4 Å². The number of likely N-dealkylation sites (N-methyl/N-ethyl adjacent to an activating group) is 1. The number of ether oxygens (including phenoxy) is 1. The molecule has 1 aliphatic rings. The van der Waals surface area contributed by atoms with Gasteiger partial charge in [0, 0.05) is 32.8 Å². The van der Waals surface area contributed by atoms with Gasteiger partial charge < -0.3 is 15.0 Å². The van der Waals surface area contributed by atoms with Crippen LogP contribution in [0, 0.1) is 0 Å². The van der Waals surface area contributed by atoms with Crippen molar-refractivity contribution in [2.24, 2.45) is 0 Å². The Labute approximate surface area is 120 Å². The van der Waals surface area contributed by atoms with Crippen molar-refractivity contribution in [2.75, 3.05) is 20.8 Å². The number of hydrogen-bond acceptors (Lipinski definition) is 3. The summed E-state index contributed by atoms with van der Waals surface area (Å²) in [7, 11) is 3.47. The molecule has 1 atom stereocenters. The highest BCUT2D eigenvalue weighted by Crippen LogP contribution is 2.18. The van der Waals surface area contributed by atoms with Gasteiger partial charge in [-0.15, -0.1) is 12.4 Å². The lowest BCUT2D eigenvalue weighted by Gasteiger charge is -2.24. The second kappa shape index (κ2) is 6.89. The average molecular weight is 285 g/mol. The predicted molar refractivity (Wildman–Crippen MR) is 77.7 cm³/mol. The topological polar surface area (TPSA) is 41.6 Å². The van der Waals surface area contributed by atoms with Gasteiger partial charge in [-0.2, -0.15) is 0 Å². The molecule has 1 N–H and O–H groups in total. The molecule has 1 heterocycles. The van der Waals surface area contributed by atoms with Gasteiger partial charge in [-0.05, 0) is 30.2 Å². The fourth-order valence-electron chi connectivity index (χ4n) is 2.18. The van der Waals surface area contributed by atoms with E-state index < -0.39 is 0 Å². The molecule has 0 saturated carbocycles. The first-order chi connectivity index (χ1) is 8.63. The number of hydrogen-bond donors (Lipinski definition) is 1. The van der Waals surface area contributed by atoms with Gasteiger partial charge in [-0.3, -0.25) is 4.79 Å². The summed E-state index contributed by atoms with van der Waals surface area (Å²) in [5.41, 5.74) is 3.27. The van der Waals surface area contributed by atoms with E-state index in [2.05, 4.69) is 5.32 Å². The van der Waals surface area contributed by atoms with E-state index in [0.29, 0.717) is 6.61 Å². The molecular weight excluding hydrogens is 264 g/mol. The molecule has 0 fully saturated rings. The van der Waals surface area contributed by atoms with Gasteiger partial charge in [0.2, 0.25) is 0 Å². The fraction of sp³-hybridized carbons (Fsp3) is 0.500. The standard InChI is InChI=1S/C14H20N2O2.ClH/c1-10(9-18-3)16(2)14(17)11-4-5-12-7-15-8-13(12)6-11;/h4-6,10,15H,7-9H2,1-3H3;1H. The zero-order chi connectivity index (χ0) is 13.1. The molecule has 19 heavy (non-hydrogen) atoms. The third-order valence-corrected chi connectivity index (χ3v) is 3.47. The third kappa shape index (κ3) is 3.47. The van der Waals surface area contributed by atoms with Crippen LogP contribution in [0.3, 0.4) is 0 Å². The summed E-state index contributed by atoms with van der Waals surface area (Å²) in [4.78, 5) is 14.0. The summed E-state index contributed by atoms with van der Waals surface area (Å²) in [5.74, 6) is 0.0502. The molecule has 0 aromatic heterocycles. The summed E-state index contributed by atoms with van der Waals surface area (Å²) in [6.07, 6.45) is 0. The number of rotatable bonds is 4. The Morgan fingerprint density at radius 3 is 2.79 bits per heavy atom. The van der Waals surface area contributed by atoms with Crippen LogP contribution in [0.5, 0.6) is 0 Å². The number of halogens is 1. The molecule has 0 saturated heterocycles. The maximum Gasteiger partial charge on any atom is 0.253 e. The summed E-state index contributed by atoms with van der Waals surface area (Å²) >= 11 is 0. The highest BCUT2D eigenvalue weighted by Gasteiger charge is 2.19. The molecule has 1 amide bonds. The van der Waals surface area contributed by atoms with E-state index in [4.69, 9.17) is 4.74 Å². The van der Waals surface area contributed by atoms with Crippen LogP contribution in [-0.2, 0) is 17.8 Å². The van der Waals surface area contributed by atoms with Gasteiger partial charge in [0.15, 0.2) is 0 Å². The van der Waals surface area contributed by atoms with Crippen LogP contribution in [0.25, 0.3) is 0 Å². The number of methoxy groups -OCH3 is 1. The first-order valence-electron chi connectivity index (χ1n) is 6.22. The second-order valence-corrected chi connectivity index (χ2v) is 4.81. The number of fused-ring (bicyclic) bond motifs is 1. The van der Waals surface area contributed by atoms with E-state index in [9.17, 15) is 4.79 Å². The molecule has 1 aliphatic heterocycles. The van der Waals surface area contributed by atoms with Crippen LogP contribution in [0.2, 0.25) is 0 Å². The summed E-state index contributed by atoms with van der Waals surface area (Å²) in [6, 6.07) is 6.02. The van der Waals surface area contributed by atoms with Gasteiger partial charge in [0.05, 0.1) is 12.6 Å². The molecule has 1 aromatic rings. The smallest absolute Gasteiger partial charge is 0.253 e. The zero-order valence-electron chi connectivity index (χ0n) is 11.6. The molecule has 2 rings (SSSR count). The highest BCUT2D eigenvalue weighted by atomic mass is 35.5. The van der Waals surface area contributed by atoms with Gasteiger partial charge in [0.25, 0.3) is 5.91 Å². The zero-order valence-corrected chi connectivity index (χ0v) is 12.4. The molecule has 1 unspecified atom stereocenters. The highest BCUT2D eigenvalue weighted by molar-refractivity contribution is 5.94. The third-order valence-electron chi connectivity index (χ3n) is 3.47. The maximum atomic E-state index is 12.3. The van der Waals surface area contributed by atoms with Crippen LogP contribution in [0.4, 0.5) is 0 Å². The Balaban J connectivity index is 0.00000180. The number of nitrogens with zero attached hydrogens (tertiary/aromatic N) is 1. The predicted octanol–water partition coefficient (Wildman–Crippen LogP) is 1.82. The molecular formula is C14H21ClN2O2. The second-order valence-electron chi connectivity index (χ2n) is 4.81. The number of amides is 1. The Morgan fingerprint density at radius 2 is 2.11 bits per heavy atom. The van der Waals surface area contributed by atoms with Crippen molar-refractivity contribution >= 4 is 18.3 Å². The maximum absolute atomic E-state index is 12.3. The lowest BCUT2D eigenvalue weighted by Crippen LogP contribution is -2.37. The SMILES string of the molecule is COCC(C)N(C)C(=O)c1ccc2c(c1)CNC2.Cl. The van der Waals surface area contributed by atoms with Gasteiger partial charge >= 0.3 is 0 Å². The van der Waals surface area contributed by atoms with Crippen molar-refractivity contribution in [3.05, 3.63) is 34.9 Å². The molecule has 4 nitrogen and oxygen atoms in total. The van der Waals surface area contributed by atoms with E-state index >= 15 is 0 Å². The van der Waals surface area contributed by atoms with E-state index in [1.807, 2.05) is 32.2 Å². The van der Waals surface area contributed by atoms with E-state index in [-0.39, 0.29) is 24.4 Å². The first kappa shape index (κ1) is 16.0. The number of benzene rings is 1. The molecule has 5 heteroatoms. The van der Waals surface area contributed by atoms with E-state index in [0.717, 1.165) is 18.7 Å². The van der Waals surface area contributed by atoms with Crippen LogP contribution < -0.4 is 5.32 Å². The minimum Gasteiger partial charge on any atom is -0.383 e. The van der Waals surface area contributed by atoms with Crippen molar-refractivity contribution in [2.45, 2.75) is 26.1 Å². The van der Waals surface area contributed by atoms with Crippen LogP contribution in [-0.4, -0.2) is 37.6 Å². The van der Waals surface area contributed by atoms with Crippen LogP contribution in [0.1, 0.15) is 28.4 Å². The van der Waals surface area contributed by atoms with Crippen molar-refractivity contribution in [3.8, 4) is 0 Å². The molecule has 0 spiro atoms. The molecule has 0 radical (unpaired) electrons. The van der Waals surface area contributed by atoms with Crippen molar-refractivity contribution in [1.82, 2.24) is 10.2 Å². The Hall–Kier alpha value is -1.10. The lowest BCUT2D eigenvalue weighted by atomic mass is 10.1. The van der Waals surface area contributed by atoms with Crippen molar-refractivity contribution in [1.29, 1.82) is 0 Å². The number of carbonyl (C=O) groups is 1. The molecule has 0 bridgehead atoms. The fourth-order valence-corrected chi connectivity index (χ4v) is 2.18. The Morgan fingerprint density at radius 1 is 1.42 bits per heavy atom. The average Bonchev–Trinajstić information content (AvgIpc) is 2.84. The summed E-state index contributed by atoms with van der Waals surface area (Å²) < 4.78 is 5.08. The normalized spacial score (nSPS) is 14.5. The number of carbonyl (C=O) groups excluding carboxylic acids is 1. The van der Waals surface area contributed by atoms with Gasteiger partial charge in [-0.25, -0.2) is 0 Å². The van der Waals surface area contributed by atoms with Crippen LogP contribution in [0.15, 0.2) is 18.2 Å². The van der Waals surface area contributed by atoms with E-state index in [1.165, 1.54) is 11.1 Å². The largest absolute Gasteiger partial charge is 0.383 e. The summed E-state index contributed by atoms with van der Waals surface area (Å²) in [5, 5.41) is 3.28.